The van der Waals surface area contributed by atoms with Crippen LogP contribution >= 0.6 is 0 Å². The Labute approximate surface area is 104 Å². The van der Waals surface area contributed by atoms with Gasteiger partial charge in [-0.15, -0.1) is 0 Å². The molecule has 0 saturated heterocycles. The van der Waals surface area contributed by atoms with Crippen molar-refractivity contribution in [3.05, 3.63) is 48.0 Å². The van der Waals surface area contributed by atoms with Crippen molar-refractivity contribution in [2.45, 2.75) is 0 Å². The predicted octanol–water partition coefficient (Wildman–Crippen LogP) is 2.29. The number of nitrogens with one attached hydrogen (secondary N) is 1. The summed E-state index contributed by atoms with van der Waals surface area (Å²) < 4.78 is 0. The van der Waals surface area contributed by atoms with Crippen molar-refractivity contribution in [3.63, 3.8) is 0 Å². The second-order valence-electron chi connectivity index (χ2n) is 3.85. The topological polar surface area (TPSA) is 101 Å². The van der Waals surface area contributed by atoms with Gasteiger partial charge in [-0.05, 0) is 42.5 Å². The maximum atomic E-state index is 10.7. The highest BCUT2D eigenvalue weighted by Gasteiger charge is 2.02. The molecule has 0 aliphatic rings. The fourth-order valence-electron chi connectivity index (χ4n) is 1.52. The summed E-state index contributed by atoms with van der Waals surface area (Å²) in [6.07, 6.45) is 0. The molecule has 0 radical (unpaired) electrons. The molecule has 18 heavy (non-hydrogen) atoms. The van der Waals surface area contributed by atoms with Crippen LogP contribution in [0.1, 0.15) is 10.4 Å². The molecule has 0 saturated carbocycles. The summed E-state index contributed by atoms with van der Waals surface area (Å²) in [4.78, 5) is 10.7. The lowest BCUT2D eigenvalue weighted by Gasteiger charge is -2.08. The van der Waals surface area contributed by atoms with Crippen molar-refractivity contribution in [1.29, 1.82) is 0 Å². The summed E-state index contributed by atoms with van der Waals surface area (Å²) >= 11 is 0. The normalized spacial score (nSPS) is 10.0. The Morgan fingerprint density at radius 1 is 0.944 bits per heavy atom. The summed E-state index contributed by atoms with van der Waals surface area (Å²) in [5.41, 5.74) is 14.2. The summed E-state index contributed by atoms with van der Waals surface area (Å²) in [6, 6.07) is 11.7. The first-order valence-corrected chi connectivity index (χ1v) is 5.31. The Bertz CT molecular complexity index is 579. The van der Waals surface area contributed by atoms with Crippen molar-refractivity contribution in [2.75, 3.05) is 16.8 Å². The van der Waals surface area contributed by atoms with Gasteiger partial charge < -0.3 is 21.9 Å². The number of rotatable bonds is 3. The van der Waals surface area contributed by atoms with E-state index < -0.39 is 5.97 Å². The molecule has 2 rings (SSSR count). The van der Waals surface area contributed by atoms with Gasteiger partial charge in [0.05, 0.1) is 16.9 Å². The van der Waals surface area contributed by atoms with Crippen LogP contribution in [0, 0.1) is 0 Å². The van der Waals surface area contributed by atoms with Crippen molar-refractivity contribution in [1.82, 2.24) is 0 Å². The van der Waals surface area contributed by atoms with Crippen LogP contribution in [0.25, 0.3) is 0 Å². The molecular formula is C13H13N3O2. The highest BCUT2D eigenvalue weighted by atomic mass is 16.4. The molecule has 0 aliphatic carbocycles. The predicted molar refractivity (Wildman–Crippen MR) is 72.0 cm³/mol. The van der Waals surface area contributed by atoms with E-state index in [4.69, 9.17) is 16.6 Å². The van der Waals surface area contributed by atoms with E-state index in [1.807, 2.05) is 0 Å². The molecule has 0 spiro atoms. The Morgan fingerprint density at radius 3 is 2.11 bits per heavy atom. The fraction of sp³-hybridized carbons (Fsp3) is 0. The summed E-state index contributed by atoms with van der Waals surface area (Å²) in [5.74, 6) is -0.946. The average molecular weight is 243 g/mol. The number of nitrogens with two attached hydrogens (primary N) is 2. The van der Waals surface area contributed by atoms with E-state index >= 15 is 0 Å². The Kier molecular flexibility index (Phi) is 3.05. The van der Waals surface area contributed by atoms with Crippen LogP contribution in [-0.4, -0.2) is 11.1 Å². The first kappa shape index (κ1) is 11.8. The SMILES string of the molecule is Nc1ccc(Nc2ccc(C(=O)O)cc2)cc1N. The zero-order chi connectivity index (χ0) is 13.1. The van der Waals surface area contributed by atoms with Gasteiger partial charge in [-0.3, -0.25) is 0 Å². The number of aromatic carboxylic acids is 1. The monoisotopic (exact) mass is 243 g/mol. The lowest BCUT2D eigenvalue weighted by atomic mass is 10.2. The summed E-state index contributed by atoms with van der Waals surface area (Å²) in [7, 11) is 0. The molecule has 6 N–H and O–H groups in total. The van der Waals surface area contributed by atoms with Gasteiger partial charge in [0.2, 0.25) is 0 Å². The van der Waals surface area contributed by atoms with Crippen LogP contribution < -0.4 is 16.8 Å². The molecule has 92 valence electrons. The van der Waals surface area contributed by atoms with Gasteiger partial charge in [-0.25, -0.2) is 4.79 Å². The number of carboxylic acid groups (broad SMARTS) is 1. The van der Waals surface area contributed by atoms with Crippen LogP contribution in [0.4, 0.5) is 22.7 Å². The van der Waals surface area contributed by atoms with Gasteiger partial charge in [-0.1, -0.05) is 0 Å². The van der Waals surface area contributed by atoms with Gasteiger partial charge in [0.1, 0.15) is 0 Å². The molecule has 0 bridgehead atoms. The average Bonchev–Trinajstić information content (AvgIpc) is 2.34. The van der Waals surface area contributed by atoms with Crippen LogP contribution in [0.2, 0.25) is 0 Å². The number of benzene rings is 2. The Hall–Kier alpha value is -2.69. The standard InChI is InChI=1S/C13H13N3O2/c14-11-6-5-10(7-12(11)15)16-9-3-1-8(2-4-9)13(17)18/h1-7,16H,14-15H2,(H,17,18). The Balaban J connectivity index is 2.18. The maximum absolute atomic E-state index is 10.7. The van der Waals surface area contributed by atoms with Gasteiger partial charge in [0.25, 0.3) is 0 Å². The zero-order valence-electron chi connectivity index (χ0n) is 9.55. The molecule has 0 amide bonds. The highest BCUT2D eigenvalue weighted by molar-refractivity contribution is 5.88. The second kappa shape index (κ2) is 4.67. The van der Waals surface area contributed by atoms with Gasteiger partial charge in [-0.2, -0.15) is 0 Å². The smallest absolute Gasteiger partial charge is 0.335 e. The first-order chi connectivity index (χ1) is 8.56. The number of hydrogen-bond acceptors (Lipinski definition) is 4. The van der Waals surface area contributed by atoms with E-state index in [0.29, 0.717) is 11.4 Å². The molecule has 0 atom stereocenters. The van der Waals surface area contributed by atoms with Crippen LogP contribution in [0.15, 0.2) is 42.5 Å². The molecule has 5 heteroatoms. The van der Waals surface area contributed by atoms with Gasteiger partial charge in [0.15, 0.2) is 0 Å². The van der Waals surface area contributed by atoms with Gasteiger partial charge in [0, 0.05) is 11.4 Å². The van der Waals surface area contributed by atoms with Crippen LogP contribution in [-0.2, 0) is 0 Å². The van der Waals surface area contributed by atoms with E-state index in [-0.39, 0.29) is 5.56 Å². The summed E-state index contributed by atoms with van der Waals surface area (Å²) in [6.45, 7) is 0. The third-order valence-electron chi connectivity index (χ3n) is 2.51. The van der Waals surface area contributed by atoms with E-state index in [9.17, 15) is 4.79 Å². The molecular weight excluding hydrogens is 230 g/mol. The summed E-state index contributed by atoms with van der Waals surface area (Å²) in [5, 5.41) is 11.9. The number of nitrogen functional groups attached to an aromatic ring is 2. The third kappa shape index (κ3) is 2.52. The molecule has 2 aromatic rings. The van der Waals surface area contributed by atoms with Gasteiger partial charge >= 0.3 is 5.97 Å². The van der Waals surface area contributed by atoms with Crippen molar-refractivity contribution < 1.29 is 9.90 Å². The number of anilines is 4. The minimum Gasteiger partial charge on any atom is -0.478 e. The molecule has 0 aliphatic heterocycles. The lowest BCUT2D eigenvalue weighted by Crippen LogP contribution is -1.98. The maximum Gasteiger partial charge on any atom is 0.335 e. The molecule has 0 aromatic heterocycles. The number of hydrogen-bond donors (Lipinski definition) is 4. The third-order valence-corrected chi connectivity index (χ3v) is 2.51. The molecule has 0 unspecified atom stereocenters. The molecule has 0 fully saturated rings. The van der Waals surface area contributed by atoms with Crippen LogP contribution in [0.3, 0.4) is 0 Å². The number of carbonyl (C=O) groups is 1. The zero-order valence-corrected chi connectivity index (χ0v) is 9.55. The lowest BCUT2D eigenvalue weighted by molar-refractivity contribution is 0.0697. The van der Waals surface area contributed by atoms with Crippen molar-refractivity contribution in [2.24, 2.45) is 0 Å². The largest absolute Gasteiger partial charge is 0.478 e. The van der Waals surface area contributed by atoms with E-state index in [0.717, 1.165) is 11.4 Å². The quantitative estimate of drug-likeness (QED) is 0.619. The minimum absolute atomic E-state index is 0.248. The highest BCUT2D eigenvalue weighted by Crippen LogP contribution is 2.23. The molecule has 0 heterocycles. The second-order valence-corrected chi connectivity index (χ2v) is 3.85. The minimum atomic E-state index is -0.946. The van der Waals surface area contributed by atoms with E-state index in [1.54, 1.807) is 30.3 Å². The molecule has 2 aromatic carbocycles. The first-order valence-electron chi connectivity index (χ1n) is 5.31. The Morgan fingerprint density at radius 2 is 1.56 bits per heavy atom. The van der Waals surface area contributed by atoms with Crippen molar-refractivity contribution in [3.8, 4) is 0 Å². The van der Waals surface area contributed by atoms with Crippen molar-refractivity contribution >= 4 is 28.7 Å². The molecule has 5 nitrogen and oxygen atoms in total. The fourth-order valence-corrected chi connectivity index (χ4v) is 1.52. The van der Waals surface area contributed by atoms with Crippen LogP contribution in [0.5, 0.6) is 0 Å². The van der Waals surface area contributed by atoms with E-state index in [1.165, 1.54) is 12.1 Å². The van der Waals surface area contributed by atoms with E-state index in [2.05, 4.69) is 5.32 Å². The number of carboxylic acids is 1.